The molecule has 2 rings (SSSR count). The molecule has 0 saturated carbocycles. The third-order valence-corrected chi connectivity index (χ3v) is 5.26. The zero-order valence-electron chi connectivity index (χ0n) is 15.6. The van der Waals surface area contributed by atoms with E-state index in [-0.39, 0.29) is 36.3 Å². The first-order valence-electron chi connectivity index (χ1n) is 8.50. The van der Waals surface area contributed by atoms with Gasteiger partial charge in [0.25, 0.3) is 0 Å². The molecule has 148 valence electrons. The summed E-state index contributed by atoms with van der Waals surface area (Å²) in [7, 11) is -1.69. The first-order valence-corrected chi connectivity index (χ1v) is 10.2. The second-order valence-electron chi connectivity index (χ2n) is 5.90. The van der Waals surface area contributed by atoms with Crippen molar-refractivity contribution in [2.45, 2.75) is 20.0 Å². The standard InChI is InChI=1S/C19H26N4O2S.HI/c1-16-8-6-7-11-18(16)15-22-19(20-2)21-12-13-26(24,25)23-14-17-9-4-3-5-10-17;/h3-11,23H,12-15H2,1-2H3,(H2,20,21,22);1H. The molecular weight excluding hydrogens is 475 g/mol. The van der Waals surface area contributed by atoms with E-state index < -0.39 is 10.0 Å². The highest BCUT2D eigenvalue weighted by Gasteiger charge is 2.10. The minimum Gasteiger partial charge on any atom is -0.355 e. The second kappa shape index (κ2) is 11.9. The monoisotopic (exact) mass is 502 g/mol. The molecule has 0 aliphatic heterocycles. The van der Waals surface area contributed by atoms with Gasteiger partial charge >= 0.3 is 0 Å². The van der Waals surface area contributed by atoms with Gasteiger partial charge in [0.1, 0.15) is 0 Å². The summed E-state index contributed by atoms with van der Waals surface area (Å²) in [5.41, 5.74) is 3.30. The predicted molar refractivity (Wildman–Crippen MR) is 122 cm³/mol. The number of hydrogen-bond acceptors (Lipinski definition) is 3. The average molecular weight is 502 g/mol. The van der Waals surface area contributed by atoms with Gasteiger partial charge < -0.3 is 10.6 Å². The molecule has 2 aromatic rings. The Labute approximate surface area is 178 Å². The lowest BCUT2D eigenvalue weighted by molar-refractivity contribution is 0.580. The summed E-state index contributed by atoms with van der Waals surface area (Å²) in [5, 5.41) is 6.23. The van der Waals surface area contributed by atoms with E-state index in [1.54, 1.807) is 7.05 Å². The highest BCUT2D eigenvalue weighted by atomic mass is 127. The lowest BCUT2D eigenvalue weighted by Crippen LogP contribution is -2.40. The minimum absolute atomic E-state index is 0. The molecule has 0 fully saturated rings. The fourth-order valence-electron chi connectivity index (χ4n) is 2.37. The normalized spacial score (nSPS) is 11.6. The SMILES string of the molecule is CN=C(NCCS(=O)(=O)NCc1ccccc1)NCc1ccccc1C.I. The Morgan fingerprint density at radius 1 is 0.963 bits per heavy atom. The van der Waals surface area contributed by atoms with Crippen LogP contribution in [0.5, 0.6) is 0 Å². The van der Waals surface area contributed by atoms with Crippen molar-refractivity contribution in [1.29, 1.82) is 0 Å². The van der Waals surface area contributed by atoms with Gasteiger partial charge in [0.15, 0.2) is 5.96 Å². The Kier molecular flexibility index (Phi) is 10.3. The molecule has 0 atom stereocenters. The summed E-state index contributed by atoms with van der Waals surface area (Å²) < 4.78 is 26.8. The molecule has 0 spiro atoms. The number of guanidine groups is 1. The molecule has 0 aromatic heterocycles. The molecule has 6 nitrogen and oxygen atoms in total. The van der Waals surface area contributed by atoms with Gasteiger partial charge in [0.2, 0.25) is 10.0 Å². The molecule has 0 bridgehead atoms. The van der Waals surface area contributed by atoms with Crippen LogP contribution in [0.15, 0.2) is 59.6 Å². The number of aryl methyl sites for hydroxylation is 1. The third-order valence-electron chi connectivity index (χ3n) is 3.93. The van der Waals surface area contributed by atoms with Crippen molar-refractivity contribution in [3.63, 3.8) is 0 Å². The number of hydrogen-bond donors (Lipinski definition) is 3. The maximum absolute atomic E-state index is 12.1. The van der Waals surface area contributed by atoms with Gasteiger partial charge in [0.05, 0.1) is 5.75 Å². The summed E-state index contributed by atoms with van der Waals surface area (Å²) in [5.74, 6) is 0.553. The molecule has 2 aromatic carbocycles. The van der Waals surface area contributed by atoms with Crippen LogP contribution in [0.3, 0.4) is 0 Å². The van der Waals surface area contributed by atoms with E-state index in [0.717, 1.165) is 5.56 Å². The zero-order chi connectivity index (χ0) is 18.8. The first-order chi connectivity index (χ1) is 12.5. The van der Waals surface area contributed by atoms with Gasteiger partial charge in [-0.15, -0.1) is 24.0 Å². The number of halogens is 1. The van der Waals surface area contributed by atoms with Crippen molar-refractivity contribution in [3.8, 4) is 0 Å². The highest BCUT2D eigenvalue weighted by Crippen LogP contribution is 2.05. The molecule has 8 heteroatoms. The van der Waals surface area contributed by atoms with E-state index in [1.165, 1.54) is 11.1 Å². The average Bonchev–Trinajstić information content (AvgIpc) is 2.65. The first kappa shape index (κ1) is 23.4. The number of benzene rings is 2. The number of rotatable bonds is 8. The molecule has 0 aliphatic rings. The van der Waals surface area contributed by atoms with E-state index in [1.807, 2.05) is 48.5 Å². The van der Waals surface area contributed by atoms with Crippen LogP contribution in [-0.2, 0) is 23.1 Å². The fraction of sp³-hybridized carbons (Fsp3) is 0.316. The Bertz CT molecular complexity index is 827. The summed E-state index contributed by atoms with van der Waals surface area (Å²) in [6.45, 7) is 3.25. The lowest BCUT2D eigenvalue weighted by atomic mass is 10.1. The van der Waals surface area contributed by atoms with E-state index in [0.29, 0.717) is 19.0 Å². The van der Waals surface area contributed by atoms with Crippen molar-refractivity contribution in [3.05, 3.63) is 71.3 Å². The number of aliphatic imine (C=N–C) groups is 1. The molecule has 0 unspecified atom stereocenters. The molecular formula is C19H27IN4O2S. The predicted octanol–water partition coefficient (Wildman–Crippen LogP) is 2.40. The molecule has 0 saturated heterocycles. The Morgan fingerprint density at radius 2 is 1.63 bits per heavy atom. The Morgan fingerprint density at radius 3 is 2.30 bits per heavy atom. The van der Waals surface area contributed by atoms with Crippen molar-refractivity contribution in [2.75, 3.05) is 19.3 Å². The van der Waals surface area contributed by atoms with Crippen molar-refractivity contribution < 1.29 is 8.42 Å². The lowest BCUT2D eigenvalue weighted by Gasteiger charge is -2.13. The van der Waals surface area contributed by atoms with Gasteiger partial charge in [-0.05, 0) is 23.6 Å². The van der Waals surface area contributed by atoms with Crippen LogP contribution < -0.4 is 15.4 Å². The third kappa shape index (κ3) is 8.72. The summed E-state index contributed by atoms with van der Waals surface area (Å²) in [4.78, 5) is 4.13. The quantitative estimate of drug-likeness (QED) is 0.294. The molecule has 3 N–H and O–H groups in total. The Hall–Kier alpha value is -1.65. The largest absolute Gasteiger partial charge is 0.355 e. The highest BCUT2D eigenvalue weighted by molar-refractivity contribution is 14.0. The molecule has 0 heterocycles. The van der Waals surface area contributed by atoms with Crippen LogP contribution in [0.4, 0.5) is 0 Å². The number of sulfonamides is 1. The van der Waals surface area contributed by atoms with Crippen molar-refractivity contribution >= 4 is 40.0 Å². The maximum atomic E-state index is 12.1. The fourth-order valence-corrected chi connectivity index (χ4v) is 3.27. The topological polar surface area (TPSA) is 82.6 Å². The van der Waals surface area contributed by atoms with Gasteiger partial charge in [-0.25, -0.2) is 13.1 Å². The van der Waals surface area contributed by atoms with Crippen molar-refractivity contribution in [1.82, 2.24) is 15.4 Å². The minimum atomic E-state index is -3.35. The van der Waals surface area contributed by atoms with Gasteiger partial charge in [-0.3, -0.25) is 4.99 Å². The van der Waals surface area contributed by atoms with E-state index in [9.17, 15) is 8.42 Å². The van der Waals surface area contributed by atoms with Gasteiger partial charge in [-0.1, -0.05) is 54.6 Å². The van der Waals surface area contributed by atoms with E-state index >= 15 is 0 Å². The van der Waals surface area contributed by atoms with Gasteiger partial charge in [-0.2, -0.15) is 0 Å². The Balaban J connectivity index is 0.00000364. The van der Waals surface area contributed by atoms with Crippen LogP contribution in [0.25, 0.3) is 0 Å². The van der Waals surface area contributed by atoms with E-state index in [4.69, 9.17) is 0 Å². The van der Waals surface area contributed by atoms with Crippen LogP contribution in [0.2, 0.25) is 0 Å². The van der Waals surface area contributed by atoms with Crippen LogP contribution in [-0.4, -0.2) is 33.7 Å². The molecule has 0 amide bonds. The second-order valence-corrected chi connectivity index (χ2v) is 7.83. The summed E-state index contributed by atoms with van der Waals surface area (Å²) in [6.07, 6.45) is 0. The molecule has 0 aliphatic carbocycles. The smallest absolute Gasteiger partial charge is 0.213 e. The molecule has 27 heavy (non-hydrogen) atoms. The summed E-state index contributed by atoms with van der Waals surface area (Å²) >= 11 is 0. The van der Waals surface area contributed by atoms with Crippen LogP contribution in [0.1, 0.15) is 16.7 Å². The van der Waals surface area contributed by atoms with Crippen molar-refractivity contribution in [2.24, 2.45) is 4.99 Å². The number of nitrogens with zero attached hydrogens (tertiary/aromatic N) is 1. The van der Waals surface area contributed by atoms with Crippen LogP contribution >= 0.6 is 24.0 Å². The van der Waals surface area contributed by atoms with E-state index in [2.05, 4.69) is 33.3 Å². The maximum Gasteiger partial charge on any atom is 0.213 e. The zero-order valence-corrected chi connectivity index (χ0v) is 18.8. The van der Waals surface area contributed by atoms with Gasteiger partial charge in [0, 0.05) is 26.7 Å². The van der Waals surface area contributed by atoms with Crippen LogP contribution in [0, 0.1) is 6.92 Å². The summed E-state index contributed by atoms with van der Waals surface area (Å²) in [6, 6.07) is 17.5. The number of nitrogens with one attached hydrogen (secondary N) is 3. The molecule has 0 radical (unpaired) electrons.